The molecule has 1 saturated carbocycles. The Morgan fingerprint density at radius 1 is 1.16 bits per heavy atom. The number of aromatic nitrogens is 1. The molecule has 1 aliphatic carbocycles. The SMILES string of the molecule is C[C@H](NC1CCC(C(F)(F)F)CC1)c1ccncc1. The summed E-state index contributed by atoms with van der Waals surface area (Å²) in [5.74, 6) is -1.11. The van der Waals surface area contributed by atoms with Gasteiger partial charge >= 0.3 is 6.18 Å². The predicted octanol–water partition coefficient (Wildman–Crippen LogP) is 3.85. The third-order valence-electron chi connectivity index (χ3n) is 3.88. The molecule has 0 aliphatic heterocycles. The summed E-state index contributed by atoms with van der Waals surface area (Å²) in [7, 11) is 0. The van der Waals surface area contributed by atoms with E-state index in [0.29, 0.717) is 12.8 Å². The largest absolute Gasteiger partial charge is 0.391 e. The van der Waals surface area contributed by atoms with E-state index in [9.17, 15) is 13.2 Å². The first-order chi connectivity index (χ1) is 8.97. The zero-order valence-electron chi connectivity index (χ0n) is 11.0. The normalized spacial score (nSPS) is 26.1. The van der Waals surface area contributed by atoms with Crippen molar-refractivity contribution in [1.82, 2.24) is 10.3 Å². The molecule has 1 aromatic rings. The quantitative estimate of drug-likeness (QED) is 0.904. The molecule has 2 rings (SSSR count). The smallest absolute Gasteiger partial charge is 0.307 e. The summed E-state index contributed by atoms with van der Waals surface area (Å²) >= 11 is 0. The van der Waals surface area contributed by atoms with E-state index in [2.05, 4.69) is 10.3 Å². The van der Waals surface area contributed by atoms with Crippen LogP contribution in [-0.4, -0.2) is 17.2 Å². The van der Waals surface area contributed by atoms with Crippen LogP contribution in [0.2, 0.25) is 0 Å². The molecule has 0 unspecified atom stereocenters. The molecule has 0 saturated heterocycles. The van der Waals surface area contributed by atoms with Crippen molar-refractivity contribution in [3.63, 3.8) is 0 Å². The maximum Gasteiger partial charge on any atom is 0.391 e. The van der Waals surface area contributed by atoms with Crippen molar-refractivity contribution in [1.29, 1.82) is 0 Å². The van der Waals surface area contributed by atoms with E-state index in [1.54, 1.807) is 12.4 Å². The average molecular weight is 272 g/mol. The van der Waals surface area contributed by atoms with Gasteiger partial charge in [0.1, 0.15) is 0 Å². The van der Waals surface area contributed by atoms with Gasteiger partial charge in [-0.3, -0.25) is 4.98 Å². The fourth-order valence-electron chi connectivity index (χ4n) is 2.69. The third kappa shape index (κ3) is 3.93. The van der Waals surface area contributed by atoms with Gasteiger partial charge in [-0.05, 0) is 50.3 Å². The first-order valence-electron chi connectivity index (χ1n) is 6.69. The van der Waals surface area contributed by atoms with Gasteiger partial charge in [-0.1, -0.05) is 0 Å². The maximum atomic E-state index is 12.6. The number of halogens is 3. The molecule has 106 valence electrons. The van der Waals surface area contributed by atoms with Gasteiger partial charge in [0.15, 0.2) is 0 Å². The Bertz CT molecular complexity index is 383. The van der Waals surface area contributed by atoms with Crippen LogP contribution in [0.1, 0.15) is 44.2 Å². The van der Waals surface area contributed by atoms with Crippen molar-refractivity contribution in [3.05, 3.63) is 30.1 Å². The molecule has 0 amide bonds. The summed E-state index contributed by atoms with van der Waals surface area (Å²) in [4.78, 5) is 3.96. The van der Waals surface area contributed by atoms with Crippen LogP contribution in [0, 0.1) is 5.92 Å². The lowest BCUT2D eigenvalue weighted by Crippen LogP contribution is -2.38. The monoisotopic (exact) mass is 272 g/mol. The van der Waals surface area contributed by atoms with Crippen molar-refractivity contribution in [2.24, 2.45) is 5.92 Å². The van der Waals surface area contributed by atoms with E-state index in [4.69, 9.17) is 0 Å². The van der Waals surface area contributed by atoms with Crippen LogP contribution in [0.5, 0.6) is 0 Å². The highest BCUT2D eigenvalue weighted by molar-refractivity contribution is 5.14. The van der Waals surface area contributed by atoms with Gasteiger partial charge in [0.05, 0.1) is 5.92 Å². The van der Waals surface area contributed by atoms with E-state index in [1.807, 2.05) is 19.1 Å². The average Bonchev–Trinajstić information content (AvgIpc) is 2.39. The second kappa shape index (κ2) is 5.90. The molecule has 1 fully saturated rings. The minimum atomic E-state index is -4.03. The molecule has 0 aromatic carbocycles. The Kier molecular flexibility index (Phi) is 4.45. The number of alkyl halides is 3. The van der Waals surface area contributed by atoms with E-state index in [-0.39, 0.29) is 24.9 Å². The molecule has 19 heavy (non-hydrogen) atoms. The van der Waals surface area contributed by atoms with Crippen LogP contribution in [0.3, 0.4) is 0 Å². The van der Waals surface area contributed by atoms with Crippen molar-refractivity contribution in [2.45, 2.75) is 50.9 Å². The van der Waals surface area contributed by atoms with Crippen LogP contribution in [0.4, 0.5) is 13.2 Å². The van der Waals surface area contributed by atoms with Crippen molar-refractivity contribution in [2.75, 3.05) is 0 Å². The van der Waals surface area contributed by atoms with Gasteiger partial charge in [0, 0.05) is 24.5 Å². The lowest BCUT2D eigenvalue weighted by Gasteiger charge is -2.32. The molecule has 1 aliphatic rings. The van der Waals surface area contributed by atoms with Crippen LogP contribution in [-0.2, 0) is 0 Å². The second-order valence-electron chi connectivity index (χ2n) is 5.26. The number of nitrogens with one attached hydrogen (secondary N) is 1. The lowest BCUT2D eigenvalue weighted by atomic mass is 9.85. The van der Waals surface area contributed by atoms with E-state index >= 15 is 0 Å². The van der Waals surface area contributed by atoms with Crippen molar-refractivity contribution < 1.29 is 13.2 Å². The molecule has 0 radical (unpaired) electrons. The van der Waals surface area contributed by atoms with Crippen LogP contribution in [0.25, 0.3) is 0 Å². The molecule has 0 bridgehead atoms. The fourth-order valence-corrected chi connectivity index (χ4v) is 2.69. The number of hydrogen-bond donors (Lipinski definition) is 1. The molecule has 5 heteroatoms. The minimum Gasteiger partial charge on any atom is -0.307 e. The topological polar surface area (TPSA) is 24.9 Å². The number of nitrogens with zero attached hydrogens (tertiary/aromatic N) is 1. The molecule has 1 N–H and O–H groups in total. The first kappa shape index (κ1) is 14.3. The van der Waals surface area contributed by atoms with Gasteiger partial charge in [-0.2, -0.15) is 13.2 Å². The van der Waals surface area contributed by atoms with Gasteiger partial charge in [0.2, 0.25) is 0 Å². The Morgan fingerprint density at radius 2 is 1.74 bits per heavy atom. The number of pyridine rings is 1. The number of hydrogen-bond acceptors (Lipinski definition) is 2. The Balaban J connectivity index is 1.83. The molecular formula is C14H19F3N2. The highest BCUT2D eigenvalue weighted by Gasteiger charge is 2.41. The minimum absolute atomic E-state index is 0.149. The Hall–Kier alpha value is -1.10. The molecular weight excluding hydrogens is 253 g/mol. The summed E-state index contributed by atoms with van der Waals surface area (Å²) in [6.45, 7) is 2.03. The molecule has 1 heterocycles. The maximum absolute atomic E-state index is 12.6. The predicted molar refractivity (Wildman–Crippen MR) is 67.6 cm³/mol. The summed E-state index contributed by atoms with van der Waals surface area (Å²) in [5, 5.41) is 3.41. The second-order valence-corrected chi connectivity index (χ2v) is 5.26. The highest BCUT2D eigenvalue weighted by Crippen LogP contribution is 2.37. The van der Waals surface area contributed by atoms with Gasteiger partial charge in [-0.15, -0.1) is 0 Å². The van der Waals surface area contributed by atoms with Crippen LogP contribution >= 0.6 is 0 Å². The first-order valence-corrected chi connectivity index (χ1v) is 6.69. The van der Waals surface area contributed by atoms with E-state index < -0.39 is 12.1 Å². The molecule has 1 aromatic heterocycles. The summed E-state index contributed by atoms with van der Waals surface area (Å²) in [5.41, 5.74) is 1.12. The van der Waals surface area contributed by atoms with Crippen molar-refractivity contribution in [3.8, 4) is 0 Å². The molecule has 1 atom stereocenters. The molecule has 0 spiro atoms. The zero-order valence-corrected chi connectivity index (χ0v) is 11.0. The van der Waals surface area contributed by atoms with Crippen LogP contribution in [0.15, 0.2) is 24.5 Å². The third-order valence-corrected chi connectivity index (χ3v) is 3.88. The van der Waals surface area contributed by atoms with Gasteiger partial charge in [-0.25, -0.2) is 0 Å². The highest BCUT2D eigenvalue weighted by atomic mass is 19.4. The molecule has 2 nitrogen and oxygen atoms in total. The summed E-state index contributed by atoms with van der Waals surface area (Å²) in [6, 6.07) is 4.19. The van der Waals surface area contributed by atoms with Gasteiger partial charge in [0.25, 0.3) is 0 Å². The Morgan fingerprint density at radius 3 is 2.26 bits per heavy atom. The van der Waals surface area contributed by atoms with E-state index in [0.717, 1.165) is 5.56 Å². The van der Waals surface area contributed by atoms with Crippen LogP contribution < -0.4 is 5.32 Å². The summed E-state index contributed by atoms with van der Waals surface area (Å²) < 4.78 is 37.7. The fraction of sp³-hybridized carbons (Fsp3) is 0.643. The summed E-state index contributed by atoms with van der Waals surface area (Å²) in [6.07, 6.45) is 1.11. The zero-order chi connectivity index (χ0) is 13.9. The van der Waals surface area contributed by atoms with Gasteiger partial charge < -0.3 is 5.32 Å². The Labute approximate surface area is 111 Å². The van der Waals surface area contributed by atoms with Crippen molar-refractivity contribution >= 4 is 0 Å². The lowest BCUT2D eigenvalue weighted by molar-refractivity contribution is -0.182. The number of rotatable bonds is 3. The standard InChI is InChI=1S/C14H19F3N2/c1-10(11-6-8-18-9-7-11)19-13-4-2-12(3-5-13)14(15,16)17/h6-10,12-13,19H,2-5H2,1H3/t10-,12?,13?/m0/s1. The van der Waals surface area contributed by atoms with E-state index in [1.165, 1.54) is 0 Å².